The van der Waals surface area contributed by atoms with Crippen LogP contribution in [0.2, 0.25) is 0 Å². The van der Waals surface area contributed by atoms with Crippen LogP contribution in [0, 0.1) is 0 Å². The fourth-order valence-electron chi connectivity index (χ4n) is 2.74. The molecule has 0 saturated heterocycles. The summed E-state index contributed by atoms with van der Waals surface area (Å²) < 4.78 is 64.3. The van der Waals surface area contributed by atoms with Crippen LogP contribution >= 0.6 is 11.8 Å². The van der Waals surface area contributed by atoms with E-state index in [-0.39, 0.29) is 21.4 Å². The molecular weight excluding hydrogens is 407 g/mol. The molecule has 1 aliphatic rings. The first-order chi connectivity index (χ1) is 12.4. The van der Waals surface area contributed by atoms with Gasteiger partial charge in [0.05, 0.1) is 5.56 Å². The standard InChI is InChI=1S/C16H14F3NO5S2/c1-8(2)26-12-7-6-11-13-9(12)4-3-5-10(13)14(21)20(15(11)22)25-27(23,24)16(17,18)19/h3-8,15,22H,1-2H3. The molecule has 0 bridgehead atoms. The highest BCUT2D eigenvalue weighted by Gasteiger charge is 2.51. The summed E-state index contributed by atoms with van der Waals surface area (Å²) in [7, 11) is -6.12. The number of rotatable bonds is 4. The Labute approximate surface area is 157 Å². The molecule has 3 rings (SSSR count). The average Bonchev–Trinajstić information content (AvgIpc) is 2.56. The van der Waals surface area contributed by atoms with Crippen LogP contribution in [0.1, 0.15) is 36.0 Å². The number of alkyl halides is 3. The number of amides is 1. The molecule has 1 heterocycles. The number of aliphatic hydroxyl groups is 1. The van der Waals surface area contributed by atoms with Gasteiger partial charge >= 0.3 is 15.6 Å². The minimum atomic E-state index is -6.12. The van der Waals surface area contributed by atoms with E-state index in [4.69, 9.17) is 0 Å². The zero-order chi connectivity index (χ0) is 20.1. The summed E-state index contributed by atoms with van der Waals surface area (Å²) in [6.45, 7) is 3.94. The third-order valence-corrected chi connectivity index (χ3v) is 5.79. The summed E-state index contributed by atoms with van der Waals surface area (Å²) >= 11 is 1.51. The van der Waals surface area contributed by atoms with E-state index in [1.54, 1.807) is 12.1 Å². The summed E-state index contributed by atoms with van der Waals surface area (Å²) in [6.07, 6.45) is -2.01. The quantitative estimate of drug-likeness (QED) is 0.600. The average molecular weight is 421 g/mol. The molecule has 1 aliphatic heterocycles. The maximum absolute atomic E-state index is 12.6. The van der Waals surface area contributed by atoms with Crippen LogP contribution in [-0.4, -0.2) is 35.3 Å². The lowest BCUT2D eigenvalue weighted by Crippen LogP contribution is -2.42. The Hall–Kier alpha value is -1.82. The molecule has 0 saturated carbocycles. The fraction of sp³-hybridized carbons (Fsp3) is 0.312. The molecule has 2 aromatic rings. The molecule has 146 valence electrons. The number of hydrogen-bond donors (Lipinski definition) is 1. The predicted molar refractivity (Wildman–Crippen MR) is 92.1 cm³/mol. The molecule has 1 atom stereocenters. The van der Waals surface area contributed by atoms with Crippen LogP contribution < -0.4 is 0 Å². The van der Waals surface area contributed by atoms with Crippen LogP contribution in [0.15, 0.2) is 35.2 Å². The van der Waals surface area contributed by atoms with Gasteiger partial charge in [-0.1, -0.05) is 32.0 Å². The number of hydrogen-bond acceptors (Lipinski definition) is 6. The van der Waals surface area contributed by atoms with E-state index in [9.17, 15) is 31.5 Å². The van der Waals surface area contributed by atoms with Crippen molar-refractivity contribution in [3.8, 4) is 0 Å². The lowest BCUT2D eigenvalue weighted by Gasteiger charge is -2.32. The van der Waals surface area contributed by atoms with Gasteiger partial charge in [0, 0.05) is 21.1 Å². The van der Waals surface area contributed by atoms with Gasteiger partial charge in [-0.3, -0.25) is 4.79 Å². The van der Waals surface area contributed by atoms with Crippen LogP contribution in [0.3, 0.4) is 0 Å². The van der Waals surface area contributed by atoms with Crippen molar-refractivity contribution in [1.82, 2.24) is 5.06 Å². The van der Waals surface area contributed by atoms with Crippen molar-refractivity contribution in [2.45, 2.75) is 35.7 Å². The lowest BCUT2D eigenvalue weighted by atomic mass is 9.94. The van der Waals surface area contributed by atoms with Gasteiger partial charge in [-0.15, -0.1) is 16.0 Å². The molecule has 0 spiro atoms. The Morgan fingerprint density at radius 3 is 2.48 bits per heavy atom. The van der Waals surface area contributed by atoms with E-state index < -0.39 is 27.8 Å². The number of benzene rings is 2. The molecule has 1 amide bonds. The maximum Gasteiger partial charge on any atom is 0.525 e. The largest absolute Gasteiger partial charge is 0.525 e. The minimum Gasteiger partial charge on any atom is -0.367 e. The van der Waals surface area contributed by atoms with Crippen molar-refractivity contribution in [3.05, 3.63) is 41.5 Å². The second kappa shape index (κ2) is 6.66. The van der Waals surface area contributed by atoms with E-state index in [2.05, 4.69) is 4.28 Å². The van der Waals surface area contributed by atoms with Gasteiger partial charge in [0.2, 0.25) is 0 Å². The van der Waals surface area contributed by atoms with Crippen molar-refractivity contribution < 1.29 is 35.8 Å². The summed E-state index contributed by atoms with van der Waals surface area (Å²) in [5, 5.41) is 11.4. The highest BCUT2D eigenvalue weighted by Crippen LogP contribution is 2.41. The van der Waals surface area contributed by atoms with Gasteiger partial charge in [0.1, 0.15) is 0 Å². The van der Waals surface area contributed by atoms with Crippen LogP contribution in [-0.2, 0) is 14.4 Å². The first-order valence-corrected chi connectivity index (χ1v) is 9.97. The van der Waals surface area contributed by atoms with Crippen LogP contribution in [0.5, 0.6) is 0 Å². The first-order valence-electron chi connectivity index (χ1n) is 7.69. The fourth-order valence-corrected chi connectivity index (χ4v) is 4.13. The Balaban J connectivity index is 2.13. The molecule has 11 heteroatoms. The van der Waals surface area contributed by atoms with Gasteiger partial charge < -0.3 is 5.11 Å². The lowest BCUT2D eigenvalue weighted by molar-refractivity contribution is -0.151. The number of thioether (sulfide) groups is 1. The van der Waals surface area contributed by atoms with E-state index in [0.717, 1.165) is 4.90 Å². The van der Waals surface area contributed by atoms with Gasteiger partial charge in [-0.05, 0) is 17.5 Å². The van der Waals surface area contributed by atoms with Crippen LogP contribution in [0.4, 0.5) is 13.2 Å². The van der Waals surface area contributed by atoms with E-state index in [1.165, 1.54) is 30.0 Å². The van der Waals surface area contributed by atoms with Crippen molar-refractivity contribution in [2.75, 3.05) is 0 Å². The van der Waals surface area contributed by atoms with Crippen molar-refractivity contribution in [1.29, 1.82) is 0 Å². The zero-order valence-electron chi connectivity index (χ0n) is 14.0. The summed E-state index contributed by atoms with van der Waals surface area (Å²) in [5.74, 6) is -1.18. The minimum absolute atomic E-state index is 0.0589. The number of hydroxylamine groups is 2. The Morgan fingerprint density at radius 1 is 1.22 bits per heavy atom. The van der Waals surface area contributed by atoms with E-state index in [1.807, 2.05) is 13.8 Å². The topological polar surface area (TPSA) is 83.9 Å². The monoisotopic (exact) mass is 421 g/mol. The Bertz CT molecular complexity index is 1020. The first kappa shape index (κ1) is 19.9. The van der Waals surface area contributed by atoms with Gasteiger partial charge in [-0.25, -0.2) is 0 Å². The van der Waals surface area contributed by atoms with Crippen LogP contribution in [0.25, 0.3) is 10.8 Å². The molecule has 1 N–H and O–H groups in total. The number of aliphatic hydroxyl groups excluding tert-OH is 1. The van der Waals surface area contributed by atoms with Crippen molar-refractivity contribution >= 4 is 38.6 Å². The molecule has 27 heavy (non-hydrogen) atoms. The number of carbonyl (C=O) groups excluding carboxylic acids is 1. The second-order valence-electron chi connectivity index (χ2n) is 6.03. The summed E-state index contributed by atoms with van der Waals surface area (Å²) in [5.41, 5.74) is -5.72. The molecule has 0 radical (unpaired) electrons. The smallest absolute Gasteiger partial charge is 0.367 e. The Kier molecular flexibility index (Phi) is 4.91. The highest BCUT2D eigenvalue weighted by molar-refractivity contribution is 8.00. The third kappa shape index (κ3) is 3.40. The van der Waals surface area contributed by atoms with Crippen molar-refractivity contribution in [3.63, 3.8) is 0 Å². The van der Waals surface area contributed by atoms with Gasteiger partial charge in [0.25, 0.3) is 5.91 Å². The van der Waals surface area contributed by atoms with E-state index in [0.29, 0.717) is 10.8 Å². The van der Waals surface area contributed by atoms with Gasteiger partial charge in [-0.2, -0.15) is 26.7 Å². The number of nitrogens with zero attached hydrogens (tertiary/aromatic N) is 1. The zero-order valence-corrected chi connectivity index (χ0v) is 15.7. The molecule has 6 nitrogen and oxygen atoms in total. The number of carbonyl (C=O) groups is 1. The second-order valence-corrected chi connectivity index (χ2v) is 9.17. The van der Waals surface area contributed by atoms with Crippen molar-refractivity contribution in [2.24, 2.45) is 0 Å². The molecule has 0 aliphatic carbocycles. The normalized spacial score (nSPS) is 17.8. The number of halogens is 3. The highest BCUT2D eigenvalue weighted by atomic mass is 32.2. The van der Waals surface area contributed by atoms with E-state index >= 15 is 0 Å². The van der Waals surface area contributed by atoms with Gasteiger partial charge in [0.15, 0.2) is 6.23 Å². The molecule has 2 aromatic carbocycles. The SMILES string of the molecule is CC(C)Sc1ccc2c3c(cccc13)C(=O)N(OS(=O)(=O)C(F)(F)F)C2O. The summed E-state index contributed by atoms with van der Waals surface area (Å²) in [4.78, 5) is 13.4. The maximum atomic E-state index is 12.6. The molecule has 0 aromatic heterocycles. The molecule has 0 fully saturated rings. The molecule has 1 unspecified atom stereocenters. The predicted octanol–water partition coefficient (Wildman–Crippen LogP) is 3.57. The Morgan fingerprint density at radius 2 is 1.89 bits per heavy atom. The third-order valence-electron chi connectivity index (χ3n) is 3.79. The summed E-state index contributed by atoms with van der Waals surface area (Å²) in [6, 6.07) is 7.67. The molecular formula is C16H14F3NO5S2.